The van der Waals surface area contributed by atoms with Gasteiger partial charge in [0.25, 0.3) is 0 Å². The molecule has 0 aliphatic rings. The van der Waals surface area contributed by atoms with E-state index in [1.807, 2.05) is 40.9 Å². The SMILES string of the molecule is Clc1cccn2c(-c3nc4ccccc4[nH]3)nnc12. The van der Waals surface area contributed by atoms with Crippen molar-refractivity contribution in [2.45, 2.75) is 0 Å². The van der Waals surface area contributed by atoms with Gasteiger partial charge in [-0.3, -0.25) is 4.40 Å². The van der Waals surface area contributed by atoms with Gasteiger partial charge in [-0.2, -0.15) is 0 Å². The highest BCUT2D eigenvalue weighted by molar-refractivity contribution is 6.33. The van der Waals surface area contributed by atoms with E-state index >= 15 is 0 Å². The van der Waals surface area contributed by atoms with Gasteiger partial charge in [-0.25, -0.2) is 4.98 Å². The zero-order valence-corrected chi connectivity index (χ0v) is 10.5. The van der Waals surface area contributed by atoms with Gasteiger partial charge in [-0.05, 0) is 24.3 Å². The van der Waals surface area contributed by atoms with Crippen molar-refractivity contribution in [3.05, 3.63) is 47.6 Å². The molecule has 4 aromatic rings. The molecule has 0 unspecified atom stereocenters. The molecule has 0 aliphatic carbocycles. The van der Waals surface area contributed by atoms with Crippen LogP contribution in [0.25, 0.3) is 28.3 Å². The van der Waals surface area contributed by atoms with Crippen molar-refractivity contribution in [3.63, 3.8) is 0 Å². The van der Waals surface area contributed by atoms with E-state index in [0.29, 0.717) is 22.3 Å². The number of rotatable bonds is 1. The number of pyridine rings is 1. The number of imidazole rings is 1. The predicted molar refractivity (Wildman–Crippen MR) is 73.1 cm³/mol. The normalized spacial score (nSPS) is 11.4. The van der Waals surface area contributed by atoms with Gasteiger partial charge in [0.2, 0.25) is 5.82 Å². The maximum atomic E-state index is 6.08. The molecule has 1 aromatic carbocycles. The van der Waals surface area contributed by atoms with Gasteiger partial charge < -0.3 is 4.98 Å². The Labute approximate surface area is 112 Å². The second-order valence-corrected chi connectivity index (χ2v) is 4.58. The first kappa shape index (κ1) is 10.5. The van der Waals surface area contributed by atoms with Crippen LogP contribution in [0.4, 0.5) is 0 Å². The van der Waals surface area contributed by atoms with Crippen LogP contribution in [0.1, 0.15) is 0 Å². The number of nitrogens with zero attached hydrogens (tertiary/aromatic N) is 4. The molecule has 3 aromatic heterocycles. The lowest BCUT2D eigenvalue weighted by Crippen LogP contribution is -1.90. The third-order valence-corrected chi connectivity index (χ3v) is 3.28. The van der Waals surface area contributed by atoms with E-state index in [1.54, 1.807) is 6.07 Å². The summed E-state index contributed by atoms with van der Waals surface area (Å²) in [5.41, 5.74) is 2.49. The van der Waals surface area contributed by atoms with Crippen molar-refractivity contribution in [1.29, 1.82) is 0 Å². The molecular formula is C13H8ClN5. The van der Waals surface area contributed by atoms with Crippen molar-refractivity contribution >= 4 is 28.3 Å². The summed E-state index contributed by atoms with van der Waals surface area (Å²) in [4.78, 5) is 7.75. The number of hydrogen-bond donors (Lipinski definition) is 1. The third kappa shape index (κ3) is 1.52. The molecule has 19 heavy (non-hydrogen) atoms. The molecule has 0 saturated carbocycles. The van der Waals surface area contributed by atoms with Crippen LogP contribution in [0.5, 0.6) is 0 Å². The van der Waals surface area contributed by atoms with Crippen LogP contribution < -0.4 is 0 Å². The molecule has 0 atom stereocenters. The Morgan fingerprint density at radius 3 is 2.84 bits per heavy atom. The Morgan fingerprint density at radius 1 is 1.05 bits per heavy atom. The van der Waals surface area contributed by atoms with Crippen LogP contribution in [0.3, 0.4) is 0 Å². The lowest BCUT2D eigenvalue weighted by molar-refractivity contribution is 1.08. The lowest BCUT2D eigenvalue weighted by Gasteiger charge is -1.96. The van der Waals surface area contributed by atoms with Crippen LogP contribution in [0.15, 0.2) is 42.6 Å². The minimum absolute atomic E-state index is 0.567. The van der Waals surface area contributed by atoms with Gasteiger partial charge >= 0.3 is 0 Å². The van der Waals surface area contributed by atoms with Crippen LogP contribution >= 0.6 is 11.6 Å². The first-order chi connectivity index (χ1) is 9.33. The molecule has 0 radical (unpaired) electrons. The Bertz CT molecular complexity index is 859. The number of fused-ring (bicyclic) bond motifs is 2. The molecule has 0 spiro atoms. The van der Waals surface area contributed by atoms with Crippen molar-refractivity contribution in [2.24, 2.45) is 0 Å². The molecule has 0 bridgehead atoms. The van der Waals surface area contributed by atoms with Gasteiger partial charge in [0, 0.05) is 6.20 Å². The Kier molecular flexibility index (Phi) is 2.10. The van der Waals surface area contributed by atoms with Gasteiger partial charge in [0.05, 0.1) is 16.1 Å². The summed E-state index contributed by atoms with van der Waals surface area (Å²) in [5, 5.41) is 8.81. The number of H-pyrrole nitrogens is 1. The molecule has 0 saturated heterocycles. The molecule has 6 heteroatoms. The summed E-state index contributed by atoms with van der Waals surface area (Å²) in [6.45, 7) is 0. The first-order valence-corrected chi connectivity index (χ1v) is 6.15. The topological polar surface area (TPSA) is 58.9 Å². The quantitative estimate of drug-likeness (QED) is 0.578. The minimum atomic E-state index is 0.567. The van der Waals surface area contributed by atoms with E-state index in [4.69, 9.17) is 11.6 Å². The molecular weight excluding hydrogens is 262 g/mol. The maximum Gasteiger partial charge on any atom is 0.204 e. The first-order valence-electron chi connectivity index (χ1n) is 5.77. The van der Waals surface area contributed by atoms with E-state index < -0.39 is 0 Å². The number of nitrogens with one attached hydrogen (secondary N) is 1. The highest BCUT2D eigenvalue weighted by Gasteiger charge is 2.13. The summed E-state index contributed by atoms with van der Waals surface area (Å²) >= 11 is 6.08. The summed E-state index contributed by atoms with van der Waals surface area (Å²) in [7, 11) is 0. The highest BCUT2D eigenvalue weighted by atomic mass is 35.5. The number of aromatic nitrogens is 5. The Balaban J connectivity index is 2.01. The number of hydrogen-bond acceptors (Lipinski definition) is 3. The fourth-order valence-corrected chi connectivity index (χ4v) is 2.31. The molecule has 0 fully saturated rings. The smallest absolute Gasteiger partial charge is 0.204 e. The number of aromatic amines is 1. The summed E-state index contributed by atoms with van der Waals surface area (Å²) in [6, 6.07) is 11.5. The molecule has 3 heterocycles. The molecule has 1 N–H and O–H groups in total. The van der Waals surface area contributed by atoms with E-state index in [0.717, 1.165) is 11.0 Å². The maximum absolute atomic E-state index is 6.08. The fourth-order valence-electron chi connectivity index (χ4n) is 2.10. The van der Waals surface area contributed by atoms with E-state index in [-0.39, 0.29) is 0 Å². The van der Waals surface area contributed by atoms with Crippen LogP contribution in [-0.2, 0) is 0 Å². The standard InChI is InChI=1S/C13H8ClN5/c14-8-4-3-7-19-12(8)17-18-13(19)11-15-9-5-1-2-6-10(9)16-11/h1-7H,(H,15,16). The van der Waals surface area contributed by atoms with E-state index in [2.05, 4.69) is 20.2 Å². The van der Waals surface area contributed by atoms with Crippen LogP contribution in [-0.4, -0.2) is 24.6 Å². The largest absolute Gasteiger partial charge is 0.335 e. The highest BCUT2D eigenvalue weighted by Crippen LogP contribution is 2.22. The molecule has 4 rings (SSSR count). The zero-order chi connectivity index (χ0) is 12.8. The number of halogens is 1. The van der Waals surface area contributed by atoms with Crippen molar-refractivity contribution < 1.29 is 0 Å². The average molecular weight is 270 g/mol. The Hall–Kier alpha value is -2.40. The van der Waals surface area contributed by atoms with Crippen LogP contribution in [0, 0.1) is 0 Å². The van der Waals surface area contributed by atoms with Gasteiger partial charge in [0.15, 0.2) is 11.5 Å². The number of para-hydroxylation sites is 2. The van der Waals surface area contributed by atoms with Crippen LogP contribution in [0.2, 0.25) is 5.02 Å². The monoisotopic (exact) mass is 269 g/mol. The lowest BCUT2D eigenvalue weighted by atomic mass is 10.3. The average Bonchev–Trinajstić information content (AvgIpc) is 3.02. The number of benzene rings is 1. The second kappa shape index (κ2) is 3.80. The van der Waals surface area contributed by atoms with Crippen molar-refractivity contribution in [1.82, 2.24) is 24.6 Å². The summed E-state index contributed by atoms with van der Waals surface area (Å²) in [5.74, 6) is 1.32. The molecule has 0 aliphatic heterocycles. The second-order valence-electron chi connectivity index (χ2n) is 4.18. The molecule has 0 amide bonds. The third-order valence-electron chi connectivity index (χ3n) is 2.99. The van der Waals surface area contributed by atoms with Crippen molar-refractivity contribution in [3.8, 4) is 11.6 Å². The van der Waals surface area contributed by atoms with Crippen molar-refractivity contribution in [2.75, 3.05) is 0 Å². The molecule has 5 nitrogen and oxygen atoms in total. The van der Waals surface area contributed by atoms with Gasteiger partial charge in [0.1, 0.15) is 0 Å². The van der Waals surface area contributed by atoms with E-state index in [1.165, 1.54) is 0 Å². The van der Waals surface area contributed by atoms with Gasteiger partial charge in [-0.15, -0.1) is 10.2 Å². The van der Waals surface area contributed by atoms with Gasteiger partial charge in [-0.1, -0.05) is 23.7 Å². The predicted octanol–water partition coefficient (Wildman–Crippen LogP) is 2.93. The Morgan fingerprint density at radius 2 is 1.95 bits per heavy atom. The summed E-state index contributed by atoms with van der Waals surface area (Å²) < 4.78 is 1.82. The summed E-state index contributed by atoms with van der Waals surface area (Å²) in [6.07, 6.45) is 1.86. The zero-order valence-electron chi connectivity index (χ0n) is 9.71. The van der Waals surface area contributed by atoms with E-state index in [9.17, 15) is 0 Å². The fraction of sp³-hybridized carbons (Fsp3) is 0. The molecule has 92 valence electrons. The minimum Gasteiger partial charge on any atom is -0.335 e.